The van der Waals surface area contributed by atoms with Crippen LogP contribution in [0.2, 0.25) is 0 Å². The molecular formula is C19H23N5O. The Hall–Kier alpha value is -2.34. The van der Waals surface area contributed by atoms with Gasteiger partial charge in [0, 0.05) is 36.8 Å². The lowest BCUT2D eigenvalue weighted by Crippen LogP contribution is -2.43. The van der Waals surface area contributed by atoms with Crippen LogP contribution in [0.15, 0.2) is 35.7 Å². The van der Waals surface area contributed by atoms with Crippen molar-refractivity contribution in [3.05, 3.63) is 41.2 Å². The standard InChI is InChI=1S/C19H23N5O/c1-23-18-4-2-3-15(16(18)11-21-23)19(25)24(13-5-6-13)14-7-8-17-12(9-14)10-20-22-17/h2-4,11,13-14,20,22H,5-10H2,1H3. The van der Waals surface area contributed by atoms with Gasteiger partial charge in [-0.2, -0.15) is 5.10 Å². The molecule has 1 fully saturated rings. The molecule has 6 nitrogen and oxygen atoms in total. The first-order valence-electron chi connectivity index (χ1n) is 9.15. The molecule has 0 saturated heterocycles. The van der Waals surface area contributed by atoms with Crippen molar-refractivity contribution < 1.29 is 4.79 Å². The van der Waals surface area contributed by atoms with Crippen LogP contribution in [0.25, 0.3) is 10.9 Å². The maximum absolute atomic E-state index is 13.5. The summed E-state index contributed by atoms with van der Waals surface area (Å²) in [6.45, 7) is 0.900. The highest BCUT2D eigenvalue weighted by atomic mass is 16.2. The Balaban J connectivity index is 1.49. The number of carbonyl (C=O) groups is 1. The first kappa shape index (κ1) is 15.0. The van der Waals surface area contributed by atoms with Gasteiger partial charge in [0.2, 0.25) is 0 Å². The molecule has 1 saturated carbocycles. The number of hydrogen-bond acceptors (Lipinski definition) is 4. The van der Waals surface area contributed by atoms with Gasteiger partial charge in [0.05, 0.1) is 17.3 Å². The van der Waals surface area contributed by atoms with Gasteiger partial charge in [0.1, 0.15) is 0 Å². The lowest BCUT2D eigenvalue weighted by atomic mass is 9.91. The van der Waals surface area contributed by atoms with Crippen LogP contribution < -0.4 is 10.9 Å². The molecule has 3 aliphatic rings. The average molecular weight is 337 g/mol. The fourth-order valence-corrected chi connectivity index (χ4v) is 4.31. The summed E-state index contributed by atoms with van der Waals surface area (Å²) in [4.78, 5) is 15.7. The first-order chi connectivity index (χ1) is 12.2. The second-order valence-electron chi connectivity index (χ2n) is 7.41. The van der Waals surface area contributed by atoms with Crippen molar-refractivity contribution in [1.82, 2.24) is 25.5 Å². The maximum Gasteiger partial charge on any atom is 0.255 e. The highest BCUT2D eigenvalue weighted by molar-refractivity contribution is 6.06. The highest BCUT2D eigenvalue weighted by Crippen LogP contribution is 2.37. The number of allylic oxidation sites excluding steroid dienone is 1. The molecule has 130 valence electrons. The molecule has 1 aliphatic heterocycles. The van der Waals surface area contributed by atoms with E-state index in [-0.39, 0.29) is 5.91 Å². The van der Waals surface area contributed by atoms with Crippen molar-refractivity contribution in [3.63, 3.8) is 0 Å². The smallest absolute Gasteiger partial charge is 0.255 e. The van der Waals surface area contributed by atoms with E-state index < -0.39 is 0 Å². The van der Waals surface area contributed by atoms with Crippen LogP contribution in [-0.2, 0) is 7.05 Å². The lowest BCUT2D eigenvalue weighted by molar-refractivity contribution is 0.0645. The van der Waals surface area contributed by atoms with Crippen molar-refractivity contribution in [3.8, 4) is 0 Å². The van der Waals surface area contributed by atoms with Crippen molar-refractivity contribution in [2.75, 3.05) is 6.54 Å². The molecule has 2 heterocycles. The summed E-state index contributed by atoms with van der Waals surface area (Å²) in [7, 11) is 1.92. The number of benzene rings is 1. The minimum absolute atomic E-state index is 0.175. The van der Waals surface area contributed by atoms with Crippen LogP contribution in [0.5, 0.6) is 0 Å². The molecule has 2 N–H and O–H groups in total. The minimum Gasteiger partial charge on any atom is -0.332 e. The lowest BCUT2D eigenvalue weighted by Gasteiger charge is -2.35. The molecule has 0 radical (unpaired) electrons. The predicted molar refractivity (Wildman–Crippen MR) is 95.7 cm³/mol. The number of aryl methyl sites for hydroxylation is 1. The zero-order valence-corrected chi connectivity index (χ0v) is 14.5. The van der Waals surface area contributed by atoms with Crippen molar-refractivity contribution in [1.29, 1.82) is 0 Å². The Morgan fingerprint density at radius 3 is 3.00 bits per heavy atom. The number of hydrazine groups is 1. The van der Waals surface area contributed by atoms with E-state index in [2.05, 4.69) is 20.9 Å². The molecule has 1 aromatic carbocycles. The Bertz CT molecular complexity index is 879. The molecule has 1 atom stereocenters. The van der Waals surface area contributed by atoms with Gasteiger partial charge >= 0.3 is 0 Å². The van der Waals surface area contributed by atoms with Crippen LogP contribution in [0.1, 0.15) is 42.5 Å². The number of nitrogens with zero attached hydrogens (tertiary/aromatic N) is 3. The Morgan fingerprint density at radius 2 is 2.16 bits per heavy atom. The second-order valence-corrected chi connectivity index (χ2v) is 7.41. The summed E-state index contributed by atoms with van der Waals surface area (Å²) >= 11 is 0. The average Bonchev–Trinajstić information content (AvgIpc) is 3.22. The summed E-state index contributed by atoms with van der Waals surface area (Å²) in [6, 6.07) is 6.66. The fraction of sp³-hybridized carbons (Fsp3) is 0.474. The van der Waals surface area contributed by atoms with E-state index in [0.29, 0.717) is 12.1 Å². The van der Waals surface area contributed by atoms with Crippen LogP contribution in [0, 0.1) is 0 Å². The van der Waals surface area contributed by atoms with Gasteiger partial charge in [-0.3, -0.25) is 9.48 Å². The van der Waals surface area contributed by atoms with Gasteiger partial charge in [-0.25, -0.2) is 5.43 Å². The number of nitrogens with one attached hydrogen (secondary N) is 2. The number of carbonyl (C=O) groups excluding carboxylic acids is 1. The third-order valence-electron chi connectivity index (χ3n) is 5.77. The summed E-state index contributed by atoms with van der Waals surface area (Å²) in [6.07, 6.45) is 7.14. The van der Waals surface area contributed by atoms with Crippen LogP contribution in [-0.4, -0.2) is 39.2 Å². The van der Waals surface area contributed by atoms with Crippen LogP contribution >= 0.6 is 0 Å². The van der Waals surface area contributed by atoms with Crippen molar-refractivity contribution in [2.24, 2.45) is 7.05 Å². The molecule has 0 spiro atoms. The molecule has 2 aromatic rings. The maximum atomic E-state index is 13.5. The summed E-state index contributed by atoms with van der Waals surface area (Å²) in [5, 5.41) is 5.30. The number of fused-ring (bicyclic) bond motifs is 1. The number of hydrogen-bond donors (Lipinski definition) is 2. The van der Waals surface area contributed by atoms with Gasteiger partial charge in [0.25, 0.3) is 5.91 Å². The Kier molecular flexibility index (Phi) is 3.35. The number of aromatic nitrogens is 2. The van der Waals surface area contributed by atoms with Crippen molar-refractivity contribution in [2.45, 2.75) is 44.2 Å². The molecular weight excluding hydrogens is 314 g/mol. The van der Waals surface area contributed by atoms with Gasteiger partial charge in [-0.05, 0) is 49.8 Å². The van der Waals surface area contributed by atoms with E-state index in [1.165, 1.54) is 11.3 Å². The van der Waals surface area contributed by atoms with Gasteiger partial charge in [-0.1, -0.05) is 6.07 Å². The molecule has 0 bridgehead atoms. The van der Waals surface area contributed by atoms with E-state index in [1.54, 1.807) is 0 Å². The quantitative estimate of drug-likeness (QED) is 0.900. The molecule has 1 aromatic heterocycles. The Morgan fingerprint density at radius 1 is 1.28 bits per heavy atom. The molecule has 1 amide bonds. The van der Waals surface area contributed by atoms with E-state index in [4.69, 9.17) is 0 Å². The Labute approximate surface area is 146 Å². The van der Waals surface area contributed by atoms with Gasteiger partial charge in [-0.15, -0.1) is 0 Å². The normalized spacial score (nSPS) is 22.8. The molecule has 25 heavy (non-hydrogen) atoms. The van der Waals surface area contributed by atoms with Crippen LogP contribution in [0.3, 0.4) is 0 Å². The molecule has 5 rings (SSSR count). The first-order valence-corrected chi connectivity index (χ1v) is 9.15. The molecule has 1 unspecified atom stereocenters. The SMILES string of the molecule is Cn1ncc2c(C(=O)N(C3CC3)C3CCC4=C(CNN4)C3)cccc21. The number of amides is 1. The fourth-order valence-electron chi connectivity index (χ4n) is 4.31. The highest BCUT2D eigenvalue weighted by Gasteiger charge is 2.40. The van der Waals surface area contributed by atoms with Gasteiger partial charge in [0.15, 0.2) is 0 Å². The zero-order chi connectivity index (χ0) is 17.0. The third kappa shape index (κ3) is 2.43. The second kappa shape index (κ2) is 5.59. The molecule has 2 aliphatic carbocycles. The zero-order valence-electron chi connectivity index (χ0n) is 14.5. The van der Waals surface area contributed by atoms with E-state index in [9.17, 15) is 4.79 Å². The summed E-state index contributed by atoms with van der Waals surface area (Å²) in [5.74, 6) is 0.175. The monoisotopic (exact) mass is 337 g/mol. The van der Waals surface area contributed by atoms with Crippen molar-refractivity contribution >= 4 is 16.8 Å². The minimum atomic E-state index is 0.175. The topological polar surface area (TPSA) is 62.2 Å². The third-order valence-corrected chi connectivity index (χ3v) is 5.77. The number of rotatable bonds is 3. The van der Waals surface area contributed by atoms with E-state index >= 15 is 0 Å². The predicted octanol–water partition coefficient (Wildman–Crippen LogP) is 2.09. The summed E-state index contributed by atoms with van der Waals surface area (Å²) < 4.78 is 1.83. The van der Waals surface area contributed by atoms with Gasteiger partial charge < -0.3 is 10.3 Å². The van der Waals surface area contributed by atoms with E-state index in [1.807, 2.05) is 36.1 Å². The largest absolute Gasteiger partial charge is 0.332 e. The van der Waals surface area contributed by atoms with E-state index in [0.717, 1.165) is 55.1 Å². The molecule has 6 heteroatoms. The van der Waals surface area contributed by atoms with Crippen LogP contribution in [0.4, 0.5) is 0 Å². The summed E-state index contributed by atoms with van der Waals surface area (Å²) in [5.41, 5.74) is 11.1.